The monoisotopic (exact) mass is 1070 g/mol. The summed E-state index contributed by atoms with van der Waals surface area (Å²) in [4.78, 5) is 45.8. The molecule has 5 heterocycles. The largest absolute Gasteiger partial charge is 0.384 e. The van der Waals surface area contributed by atoms with E-state index in [4.69, 9.17) is 0 Å². The molecule has 0 atom stereocenters. The summed E-state index contributed by atoms with van der Waals surface area (Å²) in [6, 6.07) is 37.7. The highest BCUT2D eigenvalue weighted by atomic mass is 16.3. The zero-order valence-electron chi connectivity index (χ0n) is 51.9. The van der Waals surface area contributed by atoms with Crippen LogP contribution in [0, 0.1) is 0 Å². The molecule has 1 aliphatic rings. The predicted molar refractivity (Wildman–Crippen MR) is 338 cm³/mol. The van der Waals surface area contributed by atoms with Crippen LogP contribution in [0.1, 0.15) is 198 Å². The number of hydrogen-bond donors (Lipinski definition) is 2. The number of benzene rings is 3. The fourth-order valence-corrected chi connectivity index (χ4v) is 8.23. The van der Waals surface area contributed by atoms with E-state index in [9.17, 15) is 14.7 Å². The third-order valence-electron chi connectivity index (χ3n) is 13.9. The lowest BCUT2D eigenvalue weighted by Gasteiger charge is -2.19. The smallest absolute Gasteiger partial charge is 0.224 e. The Balaban J connectivity index is 0.000000249. The molecule has 0 spiro atoms. The van der Waals surface area contributed by atoms with Gasteiger partial charge < -0.3 is 29.7 Å². The molecule has 11 heteroatoms. The summed E-state index contributed by atoms with van der Waals surface area (Å²) in [5.74, 6) is 4.01. The Morgan fingerprint density at radius 1 is 0.532 bits per heavy atom. The van der Waals surface area contributed by atoms with Gasteiger partial charge >= 0.3 is 0 Å². The number of fused-ring (bicyclic) bond motifs is 1. The highest BCUT2D eigenvalue weighted by molar-refractivity contribution is 5.91. The van der Waals surface area contributed by atoms with Gasteiger partial charge in [0.2, 0.25) is 11.8 Å². The van der Waals surface area contributed by atoms with Crippen molar-refractivity contribution in [2.24, 2.45) is 0 Å². The van der Waals surface area contributed by atoms with Crippen LogP contribution in [0.15, 0.2) is 134 Å². The number of aromatic nitrogens is 4. The molecule has 11 nitrogen and oxygen atoms in total. The van der Waals surface area contributed by atoms with Crippen molar-refractivity contribution in [3.63, 3.8) is 0 Å². The summed E-state index contributed by atoms with van der Waals surface area (Å²) >= 11 is 0. The van der Waals surface area contributed by atoms with Crippen molar-refractivity contribution in [3.8, 4) is 0 Å². The average molecular weight is 1080 g/mol. The lowest BCUT2D eigenvalue weighted by atomic mass is 9.98. The van der Waals surface area contributed by atoms with E-state index >= 15 is 0 Å². The van der Waals surface area contributed by atoms with E-state index < -0.39 is 5.60 Å². The minimum Gasteiger partial charge on any atom is -0.384 e. The zero-order chi connectivity index (χ0) is 59.1. The van der Waals surface area contributed by atoms with Gasteiger partial charge in [-0.15, -0.1) is 0 Å². The van der Waals surface area contributed by atoms with E-state index in [1.54, 1.807) is 57.1 Å². The number of carbonyl (C=O) groups excluding carboxylic acids is 2. The van der Waals surface area contributed by atoms with E-state index in [0.717, 1.165) is 17.0 Å². The molecule has 7 aromatic rings. The van der Waals surface area contributed by atoms with Crippen LogP contribution < -0.4 is 19.6 Å². The molecule has 1 fully saturated rings. The minimum atomic E-state index is -0.842. The number of nitrogens with one attached hydrogen (secondary N) is 1. The number of nitrogens with zero attached hydrogens (tertiary/aromatic N) is 7. The number of rotatable bonds is 11. The van der Waals surface area contributed by atoms with Gasteiger partial charge in [-0.1, -0.05) is 119 Å². The van der Waals surface area contributed by atoms with Crippen molar-refractivity contribution in [3.05, 3.63) is 173 Å². The number of H-pyrrole nitrogens is 1. The van der Waals surface area contributed by atoms with Crippen molar-refractivity contribution in [2.75, 3.05) is 60.9 Å². The number of aromatic amines is 1. The van der Waals surface area contributed by atoms with Crippen molar-refractivity contribution < 1.29 is 14.7 Å². The quantitative estimate of drug-likeness (QED) is 0.131. The molecule has 8 rings (SSSR count). The van der Waals surface area contributed by atoms with Gasteiger partial charge in [-0.05, 0) is 168 Å². The molecule has 0 bridgehead atoms. The van der Waals surface area contributed by atoms with Crippen molar-refractivity contribution in [1.29, 1.82) is 0 Å². The third-order valence-corrected chi connectivity index (χ3v) is 13.9. The topological polar surface area (TPSA) is 122 Å². The first-order chi connectivity index (χ1) is 37.1. The van der Waals surface area contributed by atoms with E-state index in [2.05, 4.69) is 194 Å². The van der Waals surface area contributed by atoms with E-state index in [1.165, 1.54) is 83.0 Å². The molecule has 79 heavy (non-hydrogen) atoms. The normalized spacial score (nSPS) is 11.9. The Kier molecular flexibility index (Phi) is 27.1. The van der Waals surface area contributed by atoms with Crippen molar-refractivity contribution >= 4 is 45.7 Å². The number of pyridine rings is 3. The number of amides is 2. The lowest BCUT2D eigenvalue weighted by Crippen LogP contribution is -2.23. The number of anilines is 4. The molecule has 1 aliphatic heterocycles. The van der Waals surface area contributed by atoms with Crippen molar-refractivity contribution in [1.82, 2.24) is 19.9 Å². The third kappa shape index (κ3) is 22.1. The van der Waals surface area contributed by atoms with Crippen LogP contribution in [0.3, 0.4) is 0 Å². The van der Waals surface area contributed by atoms with Gasteiger partial charge in [-0.25, -0.2) is 9.97 Å². The highest BCUT2D eigenvalue weighted by Gasteiger charge is 2.18. The molecule has 3 aromatic carbocycles. The van der Waals surface area contributed by atoms with Gasteiger partial charge in [-0.3, -0.25) is 14.6 Å². The molecule has 1 saturated heterocycles. The molecule has 428 valence electrons. The van der Waals surface area contributed by atoms with E-state index in [-0.39, 0.29) is 11.8 Å². The minimum absolute atomic E-state index is 0.00148. The number of carbonyl (C=O) groups is 2. The van der Waals surface area contributed by atoms with Crippen LogP contribution in [0.2, 0.25) is 0 Å². The van der Waals surface area contributed by atoms with Crippen LogP contribution in [0.5, 0.6) is 0 Å². The molecular weight excluding hydrogens is 977 g/mol. The first-order valence-electron chi connectivity index (χ1n) is 28.4. The molecule has 0 aliphatic carbocycles. The molecule has 0 radical (unpaired) electrons. The van der Waals surface area contributed by atoms with Crippen molar-refractivity contribution in [2.45, 2.75) is 165 Å². The second kappa shape index (κ2) is 32.3. The fourth-order valence-electron chi connectivity index (χ4n) is 8.23. The molecule has 2 N–H and O–H groups in total. The van der Waals surface area contributed by atoms with Gasteiger partial charge in [-0.2, -0.15) is 0 Å². The van der Waals surface area contributed by atoms with E-state index in [1.807, 2.05) is 54.9 Å². The van der Waals surface area contributed by atoms with Gasteiger partial charge in [0.25, 0.3) is 0 Å². The highest BCUT2D eigenvalue weighted by Crippen LogP contribution is 2.27. The Morgan fingerprint density at radius 2 is 1.00 bits per heavy atom. The SMILES string of the molecule is CC(=O)N(C)c1cc(C(C)C)ccn1.CC(=O)N(C)c1cccc(C(C)C)c1.CC(C)c1c[nH]c2ncccc12.CC(C)c1cccc(N(C)C)c1.CC(C)c1cccc(N2CCCC2)c1.CC(C)c1ccnc(C(C)(C)O)c1. The second-order valence-electron chi connectivity index (χ2n) is 23.1. The van der Waals surface area contributed by atoms with Crippen LogP contribution >= 0.6 is 0 Å². The Labute approximate surface area is 476 Å². The Hall–Kier alpha value is -6.85. The number of hydrogen-bond acceptors (Lipinski definition) is 8. The van der Waals surface area contributed by atoms with Crippen LogP contribution in [0.4, 0.5) is 22.9 Å². The molecule has 4 aromatic heterocycles. The summed E-state index contributed by atoms with van der Waals surface area (Å²) in [5, 5.41) is 11.0. The first-order valence-corrected chi connectivity index (χ1v) is 28.4. The van der Waals surface area contributed by atoms with E-state index in [0.29, 0.717) is 41.3 Å². The van der Waals surface area contributed by atoms with Gasteiger partial charge in [0.05, 0.1) is 5.69 Å². The van der Waals surface area contributed by atoms with Gasteiger partial charge in [0.1, 0.15) is 17.1 Å². The summed E-state index contributed by atoms with van der Waals surface area (Å²) in [5.41, 5.74) is 12.4. The summed E-state index contributed by atoms with van der Waals surface area (Å²) in [7, 11) is 7.66. The first kappa shape index (κ1) is 66.4. The maximum absolute atomic E-state index is 11.2. The maximum Gasteiger partial charge on any atom is 0.224 e. The molecule has 0 saturated carbocycles. The average Bonchev–Trinajstić information content (AvgIpc) is 4.13. The summed E-state index contributed by atoms with van der Waals surface area (Å²) in [6.07, 6.45) is 10.1. The lowest BCUT2D eigenvalue weighted by molar-refractivity contribution is -0.117. The summed E-state index contributed by atoms with van der Waals surface area (Å²) < 4.78 is 0. The van der Waals surface area contributed by atoms with Crippen LogP contribution in [-0.2, 0) is 15.2 Å². The predicted octanol–water partition coefficient (Wildman–Crippen LogP) is 16.4. The summed E-state index contributed by atoms with van der Waals surface area (Å²) in [6.45, 7) is 35.2. The Bertz CT molecular complexity index is 2810. The van der Waals surface area contributed by atoms with Crippen LogP contribution in [-0.4, -0.2) is 78.1 Å². The van der Waals surface area contributed by atoms with Gasteiger partial charge in [0.15, 0.2) is 0 Å². The van der Waals surface area contributed by atoms with Gasteiger partial charge in [0, 0.05) is 102 Å². The fraction of sp³-hybridized carbons (Fsp3) is 0.456. The number of aliphatic hydroxyl groups is 1. The molecule has 0 unspecified atom stereocenters. The maximum atomic E-state index is 11.2. The Morgan fingerprint density at radius 3 is 1.49 bits per heavy atom. The molecular formula is C68H98N8O3. The standard InChI is InChI=1S/C13H19N.C12H17NO.C11H16N2O.C11H17NO.C11H17N.C10H12N2/c1-11(2)12-6-5-7-13(10-12)14-8-3-4-9-14;1-9(2)11-6-5-7-12(8-11)13(4)10(3)14;1-8(2)10-5-6-12-11(7-10)13(4)9(3)14;1-8(2)9-5-6-12-10(7-9)11(3,4)13;1-9(2)10-6-5-7-11(8-10)12(3)4;1-7(2)9-6-12-10-8(9)4-3-5-11-10/h5-7,10-11H,3-4,8-9H2,1-2H3;5-9H,1-4H3;5-8H,1-4H3;5-8,13H,1-4H3;5-9H,1-4H3;3-7H,1-2H3,(H,11,12). The van der Waals surface area contributed by atoms with Crippen LogP contribution in [0.25, 0.3) is 11.0 Å². The zero-order valence-corrected chi connectivity index (χ0v) is 51.9. The second-order valence-corrected chi connectivity index (χ2v) is 23.1. The molecule has 2 amide bonds.